The molecule has 5 heteroatoms. The monoisotopic (exact) mass is 290 g/mol. The molecular weight excluding hydrogens is 268 g/mol. The first-order valence-corrected chi connectivity index (χ1v) is 7.35. The van der Waals surface area contributed by atoms with Gasteiger partial charge in [-0.15, -0.1) is 0 Å². The van der Waals surface area contributed by atoms with Crippen LogP contribution in [0.5, 0.6) is 0 Å². The Morgan fingerprint density at radius 1 is 1.24 bits per heavy atom. The van der Waals surface area contributed by atoms with Crippen LogP contribution in [0.3, 0.4) is 0 Å². The van der Waals surface area contributed by atoms with Gasteiger partial charge in [0.2, 0.25) is 0 Å². The number of para-hydroxylation sites is 1. The Morgan fingerprint density at radius 3 is 2.71 bits per heavy atom. The van der Waals surface area contributed by atoms with Crippen LogP contribution < -0.4 is 5.32 Å². The lowest BCUT2D eigenvalue weighted by Gasteiger charge is -2.17. The molecule has 0 spiro atoms. The van der Waals surface area contributed by atoms with Crippen molar-refractivity contribution in [2.45, 2.75) is 31.2 Å². The second-order valence-electron chi connectivity index (χ2n) is 5.93. The predicted octanol–water partition coefficient (Wildman–Crippen LogP) is 0.371. The van der Waals surface area contributed by atoms with Gasteiger partial charge in [-0.25, -0.2) is 0 Å². The van der Waals surface area contributed by atoms with E-state index in [0.717, 1.165) is 0 Å². The maximum atomic E-state index is 10.0. The molecule has 1 fully saturated rings. The molecule has 3 rings (SSSR count). The smallest absolute Gasteiger partial charge is 0.0955 e. The van der Waals surface area contributed by atoms with Crippen molar-refractivity contribution in [1.82, 2.24) is 9.88 Å². The van der Waals surface area contributed by atoms with Crippen LogP contribution in [0.15, 0.2) is 30.5 Å². The molecule has 0 bridgehead atoms. The Morgan fingerprint density at radius 2 is 2.00 bits per heavy atom. The molecule has 1 aliphatic carbocycles. The average Bonchev–Trinajstić information content (AvgIpc) is 2.97. The van der Waals surface area contributed by atoms with E-state index in [4.69, 9.17) is 0 Å². The second kappa shape index (κ2) is 5.77. The molecule has 0 radical (unpaired) electrons. The number of nitrogens with zero attached hydrogens (tertiary/aromatic N) is 1. The van der Waals surface area contributed by atoms with E-state index in [0.29, 0.717) is 13.0 Å². The van der Waals surface area contributed by atoms with Gasteiger partial charge in [0.25, 0.3) is 0 Å². The van der Waals surface area contributed by atoms with E-state index in [1.807, 2.05) is 19.2 Å². The molecule has 4 atom stereocenters. The highest BCUT2D eigenvalue weighted by molar-refractivity contribution is 5.83. The third kappa shape index (κ3) is 2.58. The maximum Gasteiger partial charge on any atom is 0.0955 e. The number of aliphatic hydroxyl groups is 3. The minimum absolute atomic E-state index is 0.0926. The van der Waals surface area contributed by atoms with Crippen LogP contribution in [0, 0.1) is 5.92 Å². The fourth-order valence-electron chi connectivity index (χ4n) is 3.32. The van der Waals surface area contributed by atoms with E-state index in [1.54, 1.807) is 0 Å². The topological polar surface area (TPSA) is 77.7 Å². The predicted molar refractivity (Wildman–Crippen MR) is 80.8 cm³/mol. The van der Waals surface area contributed by atoms with Crippen molar-refractivity contribution in [1.29, 1.82) is 0 Å². The largest absolute Gasteiger partial charge is 0.396 e. The molecule has 0 aliphatic heterocycles. The molecule has 1 aromatic heterocycles. The molecule has 1 heterocycles. The van der Waals surface area contributed by atoms with Gasteiger partial charge in [-0.1, -0.05) is 18.2 Å². The molecule has 5 nitrogen and oxygen atoms in total. The number of hydrogen-bond acceptors (Lipinski definition) is 4. The fraction of sp³-hybridized carbons (Fsp3) is 0.500. The van der Waals surface area contributed by atoms with Gasteiger partial charge >= 0.3 is 0 Å². The SMILES string of the molecule is Cn1cc(CNC2CC(CO)C(O)C2O)c2ccccc21. The molecule has 4 unspecified atom stereocenters. The van der Waals surface area contributed by atoms with Gasteiger partial charge < -0.3 is 25.2 Å². The highest BCUT2D eigenvalue weighted by Crippen LogP contribution is 2.27. The summed E-state index contributed by atoms with van der Waals surface area (Å²) in [5.74, 6) is -0.245. The Bertz CT molecular complexity index is 625. The molecule has 0 saturated heterocycles. The van der Waals surface area contributed by atoms with Crippen LogP contribution in [0.25, 0.3) is 10.9 Å². The molecule has 0 amide bonds. The van der Waals surface area contributed by atoms with Crippen molar-refractivity contribution in [3.63, 3.8) is 0 Å². The molecule has 2 aromatic rings. The number of aliphatic hydroxyl groups excluding tert-OH is 3. The van der Waals surface area contributed by atoms with Gasteiger partial charge in [-0.05, 0) is 18.1 Å². The van der Waals surface area contributed by atoms with Crippen LogP contribution in [0.4, 0.5) is 0 Å². The summed E-state index contributed by atoms with van der Waals surface area (Å²) in [5.41, 5.74) is 2.34. The quantitative estimate of drug-likeness (QED) is 0.656. The Hall–Kier alpha value is -1.40. The minimum Gasteiger partial charge on any atom is -0.396 e. The van der Waals surface area contributed by atoms with Gasteiger partial charge in [0.05, 0.1) is 12.2 Å². The van der Waals surface area contributed by atoms with Crippen molar-refractivity contribution < 1.29 is 15.3 Å². The summed E-state index contributed by atoms with van der Waals surface area (Å²) >= 11 is 0. The molecule has 1 saturated carbocycles. The van der Waals surface area contributed by atoms with Crippen LogP contribution in [-0.2, 0) is 13.6 Å². The molecule has 114 valence electrons. The first-order chi connectivity index (χ1) is 10.1. The van der Waals surface area contributed by atoms with Crippen molar-refractivity contribution in [2.24, 2.45) is 13.0 Å². The zero-order valence-electron chi connectivity index (χ0n) is 12.1. The molecular formula is C16H22N2O3. The van der Waals surface area contributed by atoms with E-state index < -0.39 is 12.2 Å². The summed E-state index contributed by atoms with van der Waals surface area (Å²) in [6.07, 6.45) is 1.000. The maximum absolute atomic E-state index is 10.0. The summed E-state index contributed by atoms with van der Waals surface area (Å²) in [5, 5.41) is 33.6. The Labute approximate surface area is 123 Å². The lowest BCUT2D eigenvalue weighted by atomic mass is 10.1. The fourth-order valence-corrected chi connectivity index (χ4v) is 3.32. The third-order valence-electron chi connectivity index (χ3n) is 4.57. The summed E-state index contributed by atoms with van der Waals surface area (Å²) < 4.78 is 2.09. The van der Waals surface area contributed by atoms with E-state index in [1.165, 1.54) is 16.5 Å². The van der Waals surface area contributed by atoms with E-state index in [9.17, 15) is 15.3 Å². The van der Waals surface area contributed by atoms with Crippen molar-refractivity contribution in [3.05, 3.63) is 36.0 Å². The summed E-state index contributed by atoms with van der Waals surface area (Å²) in [4.78, 5) is 0. The summed E-state index contributed by atoms with van der Waals surface area (Å²) in [7, 11) is 2.02. The first-order valence-electron chi connectivity index (χ1n) is 7.35. The van der Waals surface area contributed by atoms with Crippen molar-refractivity contribution in [3.8, 4) is 0 Å². The Balaban J connectivity index is 1.73. The normalized spacial score (nSPS) is 29.3. The van der Waals surface area contributed by atoms with Crippen LogP contribution in [-0.4, -0.2) is 44.7 Å². The lowest BCUT2D eigenvalue weighted by molar-refractivity contribution is -0.000329. The van der Waals surface area contributed by atoms with Gasteiger partial charge in [-0.2, -0.15) is 0 Å². The van der Waals surface area contributed by atoms with Crippen molar-refractivity contribution in [2.75, 3.05) is 6.61 Å². The highest BCUT2D eigenvalue weighted by atomic mass is 16.3. The van der Waals surface area contributed by atoms with Gasteiger partial charge in [-0.3, -0.25) is 0 Å². The molecule has 1 aliphatic rings. The standard InChI is InChI=1S/C16H22N2O3/c1-18-8-11(12-4-2-3-5-14(12)18)7-17-13-6-10(9-19)15(20)16(13)21/h2-5,8,10,13,15-17,19-21H,6-7,9H2,1H3. The van der Waals surface area contributed by atoms with E-state index >= 15 is 0 Å². The highest BCUT2D eigenvalue weighted by Gasteiger charge is 2.40. The van der Waals surface area contributed by atoms with E-state index in [2.05, 4.69) is 28.2 Å². The van der Waals surface area contributed by atoms with Crippen LogP contribution >= 0.6 is 0 Å². The summed E-state index contributed by atoms with van der Waals surface area (Å²) in [6.45, 7) is 0.540. The number of aryl methyl sites for hydroxylation is 1. The number of nitrogens with one attached hydrogen (secondary N) is 1. The number of fused-ring (bicyclic) bond motifs is 1. The minimum atomic E-state index is -0.847. The number of hydrogen-bond donors (Lipinski definition) is 4. The number of benzene rings is 1. The van der Waals surface area contributed by atoms with Crippen LogP contribution in [0.2, 0.25) is 0 Å². The molecule has 4 N–H and O–H groups in total. The van der Waals surface area contributed by atoms with Crippen molar-refractivity contribution >= 4 is 10.9 Å². The van der Waals surface area contributed by atoms with Gasteiger partial charge in [0.1, 0.15) is 0 Å². The second-order valence-corrected chi connectivity index (χ2v) is 5.93. The van der Waals surface area contributed by atoms with Gasteiger partial charge in [0, 0.05) is 49.3 Å². The zero-order chi connectivity index (χ0) is 15.0. The summed E-state index contributed by atoms with van der Waals surface area (Å²) in [6, 6.07) is 8.01. The first kappa shape index (κ1) is 14.5. The lowest BCUT2D eigenvalue weighted by Crippen LogP contribution is -2.39. The van der Waals surface area contributed by atoms with Gasteiger partial charge in [0.15, 0.2) is 0 Å². The Kier molecular flexibility index (Phi) is 3.99. The molecule has 21 heavy (non-hydrogen) atoms. The van der Waals surface area contributed by atoms with Crippen LogP contribution in [0.1, 0.15) is 12.0 Å². The molecule has 1 aromatic carbocycles. The zero-order valence-corrected chi connectivity index (χ0v) is 12.1. The van der Waals surface area contributed by atoms with E-state index in [-0.39, 0.29) is 18.6 Å². The number of aromatic nitrogens is 1. The average molecular weight is 290 g/mol. The number of rotatable bonds is 4. The third-order valence-corrected chi connectivity index (χ3v) is 4.57.